The topological polar surface area (TPSA) is 97.0 Å². The van der Waals surface area contributed by atoms with Crippen molar-refractivity contribution < 1.29 is 23.9 Å². The van der Waals surface area contributed by atoms with Crippen LogP contribution in [0.5, 0.6) is 0 Å². The van der Waals surface area contributed by atoms with E-state index in [0.717, 1.165) is 38.9 Å². The number of ether oxygens (including phenoxy) is 2. The molecule has 1 aromatic carbocycles. The molecule has 0 atom stereocenters. The van der Waals surface area contributed by atoms with Crippen LogP contribution in [0.25, 0.3) is 0 Å². The van der Waals surface area contributed by atoms with Gasteiger partial charge in [0.25, 0.3) is 0 Å². The summed E-state index contributed by atoms with van der Waals surface area (Å²) in [5, 5.41) is 6.35. The van der Waals surface area contributed by atoms with Gasteiger partial charge in [-0.25, -0.2) is 0 Å². The van der Waals surface area contributed by atoms with E-state index in [-0.39, 0.29) is 29.4 Å². The third-order valence-corrected chi connectivity index (χ3v) is 6.57. The number of amides is 2. The van der Waals surface area contributed by atoms with Crippen molar-refractivity contribution in [3.8, 4) is 0 Å². The van der Waals surface area contributed by atoms with Crippen LogP contribution in [0.3, 0.4) is 0 Å². The number of piperidine rings is 1. The zero-order valence-corrected chi connectivity index (χ0v) is 24.4. The molecule has 1 fully saturated rings. The van der Waals surface area contributed by atoms with Gasteiger partial charge in [-0.1, -0.05) is 41.5 Å². The van der Waals surface area contributed by atoms with Gasteiger partial charge >= 0.3 is 0 Å². The fraction of sp³-hybridized carbons (Fsp3) is 0.700. The number of Topliss-reactive ketones (excluding diaryl/α,β-unsaturated/α-hetero) is 1. The number of nitrogens with zero attached hydrogens (tertiary/aromatic N) is 1. The van der Waals surface area contributed by atoms with Gasteiger partial charge in [0.1, 0.15) is 0 Å². The van der Waals surface area contributed by atoms with Crippen LogP contribution in [-0.4, -0.2) is 74.6 Å². The minimum Gasteiger partial charge on any atom is -0.379 e. The molecule has 2 amide bonds. The fourth-order valence-electron chi connectivity index (χ4n) is 4.16. The van der Waals surface area contributed by atoms with Crippen LogP contribution >= 0.6 is 0 Å². The van der Waals surface area contributed by atoms with Crippen LogP contribution in [0, 0.1) is 10.8 Å². The van der Waals surface area contributed by atoms with Crippen LogP contribution in [-0.2, 0) is 19.1 Å². The monoisotopic (exact) mass is 531 g/mol. The molecule has 0 bridgehead atoms. The normalized spacial score (nSPS) is 14.9. The third-order valence-electron chi connectivity index (χ3n) is 6.57. The molecule has 0 saturated carbocycles. The highest BCUT2D eigenvalue weighted by molar-refractivity contribution is 6.00. The molecule has 0 aromatic heterocycles. The largest absolute Gasteiger partial charge is 0.379 e. The second kappa shape index (κ2) is 15.3. The smallest absolute Gasteiger partial charge is 0.226 e. The Morgan fingerprint density at radius 3 is 2.05 bits per heavy atom. The average Bonchev–Trinajstić information content (AvgIpc) is 2.85. The molecule has 8 heteroatoms. The van der Waals surface area contributed by atoms with Gasteiger partial charge in [0.15, 0.2) is 5.78 Å². The number of carbonyl (C=O) groups excluding carboxylic acids is 3. The van der Waals surface area contributed by atoms with Crippen LogP contribution in [0.2, 0.25) is 0 Å². The summed E-state index contributed by atoms with van der Waals surface area (Å²) in [7, 11) is 0. The van der Waals surface area contributed by atoms with Crippen molar-refractivity contribution in [2.45, 2.75) is 79.7 Å². The van der Waals surface area contributed by atoms with Crippen LogP contribution < -0.4 is 10.6 Å². The first kappa shape index (κ1) is 31.9. The van der Waals surface area contributed by atoms with Gasteiger partial charge in [-0.05, 0) is 48.9 Å². The Labute approximate surface area is 229 Å². The molecule has 0 unspecified atom stereocenters. The highest BCUT2D eigenvalue weighted by atomic mass is 16.5. The van der Waals surface area contributed by atoms with Gasteiger partial charge in [0, 0.05) is 48.8 Å². The van der Waals surface area contributed by atoms with E-state index in [1.54, 1.807) is 24.3 Å². The molecule has 2 N–H and O–H groups in total. The molecular weight excluding hydrogens is 482 g/mol. The van der Waals surface area contributed by atoms with Gasteiger partial charge in [0.05, 0.1) is 32.8 Å². The molecule has 38 heavy (non-hydrogen) atoms. The number of likely N-dealkylation sites (tertiary alicyclic amines) is 1. The lowest BCUT2D eigenvalue weighted by molar-refractivity contribution is -0.132. The minimum absolute atomic E-state index is 0.0716. The summed E-state index contributed by atoms with van der Waals surface area (Å²) in [6, 6.07) is 7.40. The average molecular weight is 532 g/mol. The lowest BCUT2D eigenvalue weighted by Crippen LogP contribution is -2.45. The van der Waals surface area contributed by atoms with Crippen LogP contribution in [0.4, 0.5) is 5.69 Å². The number of ketones is 1. The lowest BCUT2D eigenvalue weighted by Gasteiger charge is -2.33. The molecule has 0 radical (unpaired) electrons. The molecule has 0 aliphatic carbocycles. The summed E-state index contributed by atoms with van der Waals surface area (Å²) >= 11 is 0. The fourth-order valence-corrected chi connectivity index (χ4v) is 4.16. The quantitative estimate of drug-likeness (QED) is 0.267. The maximum Gasteiger partial charge on any atom is 0.226 e. The Morgan fingerprint density at radius 1 is 0.868 bits per heavy atom. The third kappa shape index (κ3) is 12.5. The first-order chi connectivity index (χ1) is 17.8. The number of benzene rings is 1. The Hall–Kier alpha value is -2.29. The van der Waals surface area contributed by atoms with E-state index < -0.39 is 5.41 Å². The van der Waals surface area contributed by atoms with Crippen molar-refractivity contribution in [2.75, 3.05) is 51.4 Å². The van der Waals surface area contributed by atoms with Gasteiger partial charge in [-0.3, -0.25) is 14.4 Å². The van der Waals surface area contributed by atoms with Gasteiger partial charge in [-0.2, -0.15) is 0 Å². The molecule has 8 nitrogen and oxygen atoms in total. The molecule has 1 aliphatic heterocycles. The van der Waals surface area contributed by atoms with Crippen LogP contribution in [0.1, 0.15) is 84.0 Å². The number of hydrogen-bond acceptors (Lipinski definition) is 6. The van der Waals surface area contributed by atoms with E-state index in [1.807, 2.05) is 25.7 Å². The van der Waals surface area contributed by atoms with Crippen molar-refractivity contribution in [3.63, 3.8) is 0 Å². The summed E-state index contributed by atoms with van der Waals surface area (Å²) < 4.78 is 11.1. The van der Waals surface area contributed by atoms with Gasteiger partial charge in [-0.15, -0.1) is 0 Å². The predicted molar refractivity (Wildman–Crippen MR) is 151 cm³/mol. The summed E-state index contributed by atoms with van der Waals surface area (Å²) in [6.07, 6.45) is 3.77. The molecule has 214 valence electrons. The molecule has 2 rings (SSSR count). The highest BCUT2D eigenvalue weighted by Crippen LogP contribution is 2.23. The molecule has 1 aliphatic rings. The highest BCUT2D eigenvalue weighted by Gasteiger charge is 2.24. The van der Waals surface area contributed by atoms with Gasteiger partial charge < -0.3 is 25.0 Å². The maximum atomic E-state index is 12.4. The van der Waals surface area contributed by atoms with Crippen molar-refractivity contribution in [1.82, 2.24) is 10.2 Å². The Morgan fingerprint density at radius 2 is 1.47 bits per heavy atom. The molecule has 1 aromatic rings. The summed E-state index contributed by atoms with van der Waals surface area (Å²) in [6.45, 7) is 16.4. The van der Waals surface area contributed by atoms with E-state index >= 15 is 0 Å². The Kier molecular flexibility index (Phi) is 12.9. The standard InChI is InChI=1S/C30H49N3O5/c1-29(2,3)15-11-27(35)33-17-12-24(13-18-33)31-16-20-38-22-21-37-19-14-26(34)32-25-9-7-23(8-10-25)28(36)30(4,5)6/h7-10,24,31H,11-22H2,1-6H3,(H,32,34). The lowest BCUT2D eigenvalue weighted by atomic mass is 9.86. The predicted octanol–water partition coefficient (Wildman–Crippen LogP) is 4.68. The van der Waals surface area contributed by atoms with Crippen molar-refractivity contribution >= 4 is 23.3 Å². The van der Waals surface area contributed by atoms with E-state index in [1.165, 1.54) is 0 Å². The first-order valence-electron chi connectivity index (χ1n) is 14.0. The Bertz CT molecular complexity index is 879. The minimum atomic E-state index is -0.436. The molecule has 1 heterocycles. The Balaban J connectivity index is 1.46. The van der Waals surface area contributed by atoms with E-state index in [4.69, 9.17) is 9.47 Å². The summed E-state index contributed by atoms with van der Waals surface area (Å²) in [5.74, 6) is 0.219. The van der Waals surface area contributed by atoms with E-state index in [0.29, 0.717) is 50.1 Å². The van der Waals surface area contributed by atoms with E-state index in [9.17, 15) is 14.4 Å². The zero-order valence-electron chi connectivity index (χ0n) is 24.4. The maximum absolute atomic E-state index is 12.4. The summed E-state index contributed by atoms with van der Waals surface area (Å²) in [4.78, 5) is 38.8. The van der Waals surface area contributed by atoms with Gasteiger partial charge in [0.2, 0.25) is 11.8 Å². The number of hydrogen-bond donors (Lipinski definition) is 2. The van der Waals surface area contributed by atoms with Crippen molar-refractivity contribution in [3.05, 3.63) is 29.8 Å². The molecule has 0 spiro atoms. The van der Waals surface area contributed by atoms with Crippen LogP contribution in [0.15, 0.2) is 24.3 Å². The van der Waals surface area contributed by atoms with Crippen molar-refractivity contribution in [1.29, 1.82) is 0 Å². The zero-order chi connectivity index (χ0) is 28.2. The van der Waals surface area contributed by atoms with Crippen molar-refractivity contribution in [2.24, 2.45) is 10.8 Å². The number of anilines is 1. The first-order valence-corrected chi connectivity index (χ1v) is 14.0. The molecule has 1 saturated heterocycles. The SMILES string of the molecule is CC(C)(C)CCC(=O)N1CCC(NCCOCCOCCC(=O)Nc2ccc(C(=O)C(C)(C)C)cc2)CC1. The number of rotatable bonds is 14. The second-order valence-electron chi connectivity index (χ2n) is 12.3. The summed E-state index contributed by atoms with van der Waals surface area (Å²) in [5.41, 5.74) is 1.06. The second-order valence-corrected chi connectivity index (χ2v) is 12.3. The number of carbonyl (C=O) groups is 3. The molecular formula is C30H49N3O5. The number of nitrogens with one attached hydrogen (secondary N) is 2. The van der Waals surface area contributed by atoms with E-state index in [2.05, 4.69) is 31.4 Å².